The van der Waals surface area contributed by atoms with Crippen LogP contribution in [0.25, 0.3) is 0 Å². The number of hydrogen-bond donors (Lipinski definition) is 2. The minimum atomic E-state index is -0.497. The Balaban J connectivity index is 4.03. The van der Waals surface area contributed by atoms with Gasteiger partial charge in [-0.3, -0.25) is 0 Å². The molecular formula is C60H122O21. The first-order chi connectivity index (χ1) is 38.3. The maximum absolute atomic E-state index is 9.36. The molecule has 0 amide bonds. The van der Waals surface area contributed by atoms with Crippen LogP contribution in [0.4, 0.5) is 0 Å². The van der Waals surface area contributed by atoms with Gasteiger partial charge in [-0.1, -0.05) is 0 Å². The lowest BCUT2D eigenvalue weighted by Crippen LogP contribution is -2.31. The number of hydrogen-bond acceptors (Lipinski definition) is 21. The summed E-state index contributed by atoms with van der Waals surface area (Å²) < 4.78 is 112. The van der Waals surface area contributed by atoms with Crippen molar-refractivity contribution in [1.29, 1.82) is 0 Å². The van der Waals surface area contributed by atoms with Gasteiger partial charge in [-0.15, -0.1) is 0 Å². The van der Waals surface area contributed by atoms with E-state index in [0.717, 1.165) is 0 Å². The van der Waals surface area contributed by atoms with Crippen LogP contribution < -0.4 is 0 Å². The highest BCUT2D eigenvalue weighted by atomic mass is 16.6. The van der Waals surface area contributed by atoms with Crippen molar-refractivity contribution < 1.29 is 100 Å². The van der Waals surface area contributed by atoms with E-state index in [1.54, 1.807) is 6.92 Å². The third-order valence-electron chi connectivity index (χ3n) is 12.0. The molecule has 21 nitrogen and oxygen atoms in total. The lowest BCUT2D eigenvalue weighted by Gasteiger charge is -2.24. The monoisotopic (exact) mass is 1180 g/mol. The summed E-state index contributed by atoms with van der Waals surface area (Å²) in [5.41, 5.74) is 0. The van der Waals surface area contributed by atoms with Crippen LogP contribution in [0.5, 0.6) is 0 Å². The van der Waals surface area contributed by atoms with Crippen LogP contribution in [-0.2, 0) is 90.0 Å². The Hall–Kier alpha value is -0.840. The summed E-state index contributed by atoms with van der Waals surface area (Å²) in [4.78, 5) is 0. The van der Waals surface area contributed by atoms with Crippen LogP contribution in [-0.4, -0.2) is 264 Å². The molecule has 0 saturated heterocycles. The van der Waals surface area contributed by atoms with Gasteiger partial charge in [-0.2, -0.15) is 0 Å². The lowest BCUT2D eigenvalue weighted by molar-refractivity contribution is -0.117. The predicted octanol–water partition coefficient (Wildman–Crippen LogP) is 7.06. The molecule has 0 bridgehead atoms. The van der Waals surface area contributed by atoms with E-state index in [2.05, 4.69) is 0 Å². The standard InChI is InChI=1S/C60H122O21/c1-41(62)22-63-43(3)24-65-45(5)26-67-47(7)28-69-49(9)30-71-51(11)32-73-53(13)34-75-55(15)36-77-57(17)38-79-59(19)40-81-60(20)39-80-58(18)37-78-56(16)35-76-54(14)33-74-52(12)31-72-50(10)29-70-48(8)27-68-46(6)25-66-44(4)23-64-42(2)21-61/h41-62H,21-40H2,1-20H3. The molecule has 0 radical (unpaired) electrons. The fourth-order valence-corrected chi connectivity index (χ4v) is 6.62. The Bertz CT molecular complexity index is 1380. The quantitative estimate of drug-likeness (QED) is 0.0623. The zero-order chi connectivity index (χ0) is 61.1. The Morgan fingerprint density at radius 1 is 0.160 bits per heavy atom. The fourth-order valence-electron chi connectivity index (χ4n) is 6.62. The summed E-state index contributed by atoms with van der Waals surface area (Å²) in [6.45, 7) is 47.1. The molecule has 0 aliphatic carbocycles. The largest absolute Gasteiger partial charge is 0.394 e. The number of ether oxygens (including phenoxy) is 19. The van der Waals surface area contributed by atoms with Gasteiger partial charge in [0, 0.05) is 0 Å². The summed E-state index contributed by atoms with van der Waals surface area (Å²) in [5.74, 6) is 0. The summed E-state index contributed by atoms with van der Waals surface area (Å²) in [6, 6.07) is 0. The van der Waals surface area contributed by atoms with Crippen LogP contribution in [0.15, 0.2) is 0 Å². The van der Waals surface area contributed by atoms with E-state index in [4.69, 9.17) is 95.1 Å². The van der Waals surface area contributed by atoms with Gasteiger partial charge in [-0.05, 0) is 138 Å². The summed E-state index contributed by atoms with van der Waals surface area (Å²) in [6.07, 6.45) is -2.63. The Kier molecular flexibility index (Phi) is 49.7. The molecule has 0 rings (SSSR count). The second-order valence-corrected chi connectivity index (χ2v) is 22.8. The van der Waals surface area contributed by atoms with Crippen LogP contribution in [0.3, 0.4) is 0 Å². The van der Waals surface area contributed by atoms with Crippen molar-refractivity contribution in [3.63, 3.8) is 0 Å². The van der Waals surface area contributed by atoms with Gasteiger partial charge in [0.15, 0.2) is 0 Å². The molecule has 0 saturated carbocycles. The fraction of sp³-hybridized carbons (Fsp3) is 1.00. The molecular weight excluding hydrogens is 1060 g/mol. The smallest absolute Gasteiger partial charge is 0.0781 e. The Labute approximate surface area is 491 Å². The SMILES string of the molecule is CC(O)COC(C)COC(C)COC(C)COC(C)COC(C)COC(C)COC(C)COC(C)COC(C)COC(C)COC(C)COC(C)COC(C)COC(C)COC(C)COC(C)COC(C)COC(C)COC(C)CO. The normalized spacial score (nSPS) is 19.9. The Morgan fingerprint density at radius 2 is 0.247 bits per heavy atom. The van der Waals surface area contributed by atoms with Crippen molar-refractivity contribution >= 4 is 0 Å². The van der Waals surface area contributed by atoms with Crippen molar-refractivity contribution in [2.75, 3.05) is 132 Å². The molecule has 81 heavy (non-hydrogen) atoms. The van der Waals surface area contributed by atoms with Crippen LogP contribution in [0.2, 0.25) is 0 Å². The van der Waals surface area contributed by atoms with Crippen LogP contribution in [0.1, 0.15) is 138 Å². The van der Waals surface area contributed by atoms with Crippen molar-refractivity contribution in [3.8, 4) is 0 Å². The van der Waals surface area contributed by atoms with Gasteiger partial charge in [-0.25, -0.2) is 0 Å². The molecule has 20 unspecified atom stereocenters. The average molecular weight is 1180 g/mol. The first-order valence-corrected chi connectivity index (χ1v) is 30.2. The van der Waals surface area contributed by atoms with Gasteiger partial charge in [0.25, 0.3) is 0 Å². The van der Waals surface area contributed by atoms with Crippen LogP contribution in [0, 0.1) is 0 Å². The highest BCUT2D eigenvalue weighted by Gasteiger charge is 2.19. The molecule has 0 aromatic carbocycles. The van der Waals surface area contributed by atoms with E-state index >= 15 is 0 Å². The molecule has 20 atom stereocenters. The van der Waals surface area contributed by atoms with Gasteiger partial charge in [0.1, 0.15) is 0 Å². The molecule has 0 fully saturated rings. The summed E-state index contributed by atoms with van der Waals surface area (Å²) >= 11 is 0. The third kappa shape index (κ3) is 51.0. The molecule has 0 aliphatic rings. The molecule has 0 aliphatic heterocycles. The van der Waals surface area contributed by atoms with Gasteiger partial charge in [0.2, 0.25) is 0 Å². The van der Waals surface area contributed by atoms with E-state index in [0.29, 0.717) is 119 Å². The first kappa shape index (κ1) is 80.2. The average Bonchev–Trinajstić information content (AvgIpc) is 3.44. The second-order valence-electron chi connectivity index (χ2n) is 22.8. The lowest BCUT2D eigenvalue weighted by atomic mass is 10.3. The maximum Gasteiger partial charge on any atom is 0.0781 e. The third-order valence-corrected chi connectivity index (χ3v) is 12.0. The Morgan fingerprint density at radius 3 is 0.333 bits per heavy atom. The summed E-state index contributed by atoms with van der Waals surface area (Å²) in [7, 11) is 0. The zero-order valence-electron chi connectivity index (χ0n) is 54.3. The van der Waals surface area contributed by atoms with E-state index < -0.39 is 6.10 Å². The number of aliphatic hydroxyl groups excluding tert-OH is 2. The van der Waals surface area contributed by atoms with Crippen molar-refractivity contribution in [2.45, 2.75) is 261 Å². The van der Waals surface area contributed by atoms with Crippen LogP contribution >= 0.6 is 0 Å². The minimum Gasteiger partial charge on any atom is -0.394 e. The van der Waals surface area contributed by atoms with Crippen molar-refractivity contribution in [1.82, 2.24) is 0 Å². The molecule has 0 heterocycles. The number of rotatable bonds is 58. The van der Waals surface area contributed by atoms with Gasteiger partial charge < -0.3 is 100 Å². The highest BCUT2D eigenvalue weighted by molar-refractivity contribution is 4.64. The minimum absolute atomic E-state index is 0.0133. The van der Waals surface area contributed by atoms with E-state index in [9.17, 15) is 5.11 Å². The topological polar surface area (TPSA) is 216 Å². The van der Waals surface area contributed by atoms with Gasteiger partial charge >= 0.3 is 0 Å². The highest BCUT2D eigenvalue weighted by Crippen LogP contribution is 2.10. The number of aliphatic hydroxyl groups is 2. The van der Waals surface area contributed by atoms with Crippen molar-refractivity contribution in [2.24, 2.45) is 0 Å². The predicted molar refractivity (Wildman–Crippen MR) is 312 cm³/mol. The molecule has 488 valence electrons. The molecule has 0 aromatic heterocycles. The summed E-state index contributed by atoms with van der Waals surface area (Å²) in [5, 5.41) is 18.5. The molecule has 0 aromatic rings. The van der Waals surface area contributed by atoms with Gasteiger partial charge in [0.05, 0.1) is 254 Å². The van der Waals surface area contributed by atoms with E-state index in [1.807, 2.05) is 132 Å². The molecule has 2 N–H and O–H groups in total. The van der Waals surface area contributed by atoms with E-state index in [-0.39, 0.29) is 129 Å². The van der Waals surface area contributed by atoms with Crippen molar-refractivity contribution in [3.05, 3.63) is 0 Å². The zero-order valence-corrected chi connectivity index (χ0v) is 54.3. The second kappa shape index (κ2) is 50.2. The first-order valence-electron chi connectivity index (χ1n) is 30.2. The molecule has 21 heteroatoms. The molecule has 0 spiro atoms. The van der Waals surface area contributed by atoms with E-state index in [1.165, 1.54) is 0 Å². The maximum atomic E-state index is 9.36.